The molecule has 0 saturated carbocycles. The number of nitrogens with one attached hydrogen (secondary N) is 2. The summed E-state index contributed by atoms with van der Waals surface area (Å²) in [6, 6.07) is 13.1. The van der Waals surface area contributed by atoms with Crippen LogP contribution in [0.2, 0.25) is 0 Å². The van der Waals surface area contributed by atoms with E-state index < -0.39 is 23.9 Å². The SMILES string of the molecule is C[C@@H](OC(=O)c1ccc2nccnc2c1)C(=O)NNC(=O)c1ccccc1. The van der Waals surface area contributed by atoms with Crippen LogP contribution in [0.1, 0.15) is 27.6 Å². The lowest BCUT2D eigenvalue weighted by Crippen LogP contribution is -2.46. The van der Waals surface area contributed by atoms with Gasteiger partial charge in [0.2, 0.25) is 0 Å². The van der Waals surface area contributed by atoms with Gasteiger partial charge >= 0.3 is 5.97 Å². The van der Waals surface area contributed by atoms with Gasteiger partial charge in [0.05, 0.1) is 16.6 Å². The maximum Gasteiger partial charge on any atom is 0.338 e. The van der Waals surface area contributed by atoms with Gasteiger partial charge in [0.25, 0.3) is 11.8 Å². The maximum absolute atomic E-state index is 12.2. The minimum absolute atomic E-state index is 0.246. The molecule has 2 aromatic carbocycles. The van der Waals surface area contributed by atoms with Crippen LogP contribution >= 0.6 is 0 Å². The first-order chi connectivity index (χ1) is 13.0. The summed E-state index contributed by atoms with van der Waals surface area (Å²) in [6.45, 7) is 1.41. The van der Waals surface area contributed by atoms with Crippen molar-refractivity contribution in [1.29, 1.82) is 0 Å². The van der Waals surface area contributed by atoms with Gasteiger partial charge in [-0.05, 0) is 37.3 Å². The van der Waals surface area contributed by atoms with Crippen molar-refractivity contribution in [2.75, 3.05) is 0 Å². The van der Waals surface area contributed by atoms with Crippen LogP contribution < -0.4 is 10.9 Å². The first-order valence-corrected chi connectivity index (χ1v) is 8.11. The summed E-state index contributed by atoms with van der Waals surface area (Å²) in [5.41, 5.74) is 6.32. The molecule has 0 aliphatic carbocycles. The van der Waals surface area contributed by atoms with E-state index in [1.54, 1.807) is 48.7 Å². The molecule has 3 aromatic rings. The smallest absolute Gasteiger partial charge is 0.338 e. The molecule has 1 aromatic heterocycles. The Morgan fingerprint density at radius 3 is 2.33 bits per heavy atom. The monoisotopic (exact) mass is 364 g/mol. The van der Waals surface area contributed by atoms with Crippen molar-refractivity contribution < 1.29 is 19.1 Å². The molecule has 1 atom stereocenters. The highest BCUT2D eigenvalue weighted by molar-refractivity contribution is 5.97. The number of benzene rings is 2. The molecule has 2 N–H and O–H groups in total. The van der Waals surface area contributed by atoms with Gasteiger partial charge in [-0.1, -0.05) is 18.2 Å². The second-order valence-electron chi connectivity index (χ2n) is 5.62. The summed E-state index contributed by atoms with van der Waals surface area (Å²) in [7, 11) is 0. The number of fused-ring (bicyclic) bond motifs is 1. The van der Waals surface area contributed by atoms with E-state index in [0.717, 1.165) is 0 Å². The molecule has 2 amide bonds. The largest absolute Gasteiger partial charge is 0.449 e. The molecule has 3 rings (SSSR count). The number of esters is 1. The highest BCUT2D eigenvalue weighted by atomic mass is 16.5. The number of aromatic nitrogens is 2. The van der Waals surface area contributed by atoms with Crippen molar-refractivity contribution in [3.05, 3.63) is 72.1 Å². The van der Waals surface area contributed by atoms with Crippen LogP contribution in [0.5, 0.6) is 0 Å². The van der Waals surface area contributed by atoms with Crippen molar-refractivity contribution >= 4 is 28.8 Å². The normalized spacial score (nSPS) is 11.4. The second-order valence-corrected chi connectivity index (χ2v) is 5.62. The zero-order valence-electron chi connectivity index (χ0n) is 14.4. The fourth-order valence-electron chi connectivity index (χ4n) is 2.25. The van der Waals surface area contributed by atoms with Gasteiger partial charge in [-0.3, -0.25) is 30.4 Å². The Hall–Kier alpha value is -3.81. The molecule has 27 heavy (non-hydrogen) atoms. The number of amides is 2. The summed E-state index contributed by atoms with van der Waals surface area (Å²) in [6.07, 6.45) is 1.96. The Kier molecular flexibility index (Phi) is 5.36. The molecule has 0 aliphatic heterocycles. The number of hydrogen-bond donors (Lipinski definition) is 2. The summed E-state index contributed by atoms with van der Waals surface area (Å²) in [5.74, 6) is -1.82. The van der Waals surface area contributed by atoms with Crippen LogP contribution in [0.4, 0.5) is 0 Å². The molecule has 0 aliphatic rings. The van der Waals surface area contributed by atoms with Crippen LogP contribution in [0.25, 0.3) is 11.0 Å². The molecular formula is C19H16N4O4. The molecule has 0 saturated heterocycles. The van der Waals surface area contributed by atoms with Gasteiger partial charge in [-0.2, -0.15) is 0 Å². The predicted molar refractivity (Wildman–Crippen MR) is 96.5 cm³/mol. The number of hydrazine groups is 1. The number of rotatable bonds is 4. The number of ether oxygens (including phenoxy) is 1. The van der Waals surface area contributed by atoms with Crippen LogP contribution in [-0.4, -0.2) is 33.9 Å². The van der Waals surface area contributed by atoms with Crippen LogP contribution in [-0.2, 0) is 9.53 Å². The van der Waals surface area contributed by atoms with E-state index >= 15 is 0 Å². The molecule has 0 fully saturated rings. The van der Waals surface area contributed by atoms with Gasteiger partial charge in [0.15, 0.2) is 6.10 Å². The Labute approximate surface area is 154 Å². The lowest BCUT2D eigenvalue weighted by atomic mass is 10.2. The molecule has 1 heterocycles. The fourth-order valence-corrected chi connectivity index (χ4v) is 2.25. The summed E-state index contributed by atoms with van der Waals surface area (Å²) < 4.78 is 5.13. The summed E-state index contributed by atoms with van der Waals surface area (Å²) in [4.78, 5) is 44.4. The third kappa shape index (κ3) is 4.43. The quantitative estimate of drug-likeness (QED) is 0.538. The molecule has 8 heteroatoms. The third-order valence-electron chi connectivity index (χ3n) is 3.69. The number of carbonyl (C=O) groups is 3. The van der Waals surface area contributed by atoms with E-state index in [4.69, 9.17) is 4.74 Å². The van der Waals surface area contributed by atoms with E-state index in [9.17, 15) is 14.4 Å². The molecule has 0 bridgehead atoms. The van der Waals surface area contributed by atoms with E-state index in [1.165, 1.54) is 19.2 Å². The molecule has 0 spiro atoms. The number of hydrogen-bond acceptors (Lipinski definition) is 6. The summed E-state index contributed by atoms with van der Waals surface area (Å²) >= 11 is 0. The zero-order chi connectivity index (χ0) is 19.2. The molecule has 0 radical (unpaired) electrons. The topological polar surface area (TPSA) is 110 Å². The molecule has 136 valence electrons. The third-order valence-corrected chi connectivity index (χ3v) is 3.69. The van der Waals surface area contributed by atoms with E-state index in [-0.39, 0.29) is 5.56 Å². The van der Waals surface area contributed by atoms with Crippen molar-refractivity contribution in [2.45, 2.75) is 13.0 Å². The summed E-state index contributed by atoms with van der Waals surface area (Å²) in [5, 5.41) is 0. The molecule has 8 nitrogen and oxygen atoms in total. The van der Waals surface area contributed by atoms with E-state index in [0.29, 0.717) is 16.6 Å². The molecule has 0 unspecified atom stereocenters. The Balaban J connectivity index is 1.56. The standard InChI is InChI=1S/C19H16N4O4/c1-12(17(24)22-23-18(25)13-5-3-2-4-6-13)27-19(26)14-7-8-15-16(11-14)21-10-9-20-15/h2-12H,1H3,(H,22,24)(H,23,25)/t12-/m1/s1. The van der Waals surface area contributed by atoms with Crippen molar-refractivity contribution in [3.63, 3.8) is 0 Å². The van der Waals surface area contributed by atoms with E-state index in [1.807, 2.05) is 0 Å². The first kappa shape index (κ1) is 18.0. The maximum atomic E-state index is 12.2. The van der Waals surface area contributed by atoms with Crippen LogP contribution in [0.3, 0.4) is 0 Å². The van der Waals surface area contributed by atoms with Crippen molar-refractivity contribution in [2.24, 2.45) is 0 Å². The minimum atomic E-state index is -1.11. The average Bonchev–Trinajstić information content (AvgIpc) is 2.71. The second kappa shape index (κ2) is 8.05. The highest BCUT2D eigenvalue weighted by Gasteiger charge is 2.20. The lowest BCUT2D eigenvalue weighted by molar-refractivity contribution is -0.129. The van der Waals surface area contributed by atoms with Gasteiger partial charge in [-0.25, -0.2) is 4.79 Å². The Bertz CT molecular complexity index is 991. The van der Waals surface area contributed by atoms with Gasteiger partial charge in [-0.15, -0.1) is 0 Å². The average molecular weight is 364 g/mol. The van der Waals surface area contributed by atoms with Gasteiger partial charge < -0.3 is 4.74 Å². The number of carbonyl (C=O) groups excluding carboxylic acids is 3. The van der Waals surface area contributed by atoms with Gasteiger partial charge in [0.1, 0.15) is 0 Å². The number of nitrogens with zero attached hydrogens (tertiary/aromatic N) is 2. The van der Waals surface area contributed by atoms with Gasteiger partial charge in [0, 0.05) is 18.0 Å². The van der Waals surface area contributed by atoms with Crippen molar-refractivity contribution in [1.82, 2.24) is 20.8 Å². The Morgan fingerprint density at radius 1 is 0.889 bits per heavy atom. The van der Waals surface area contributed by atoms with Crippen LogP contribution in [0, 0.1) is 0 Å². The minimum Gasteiger partial charge on any atom is -0.449 e. The lowest BCUT2D eigenvalue weighted by Gasteiger charge is -2.14. The van der Waals surface area contributed by atoms with E-state index in [2.05, 4.69) is 20.8 Å². The first-order valence-electron chi connectivity index (χ1n) is 8.11. The Morgan fingerprint density at radius 2 is 1.59 bits per heavy atom. The van der Waals surface area contributed by atoms with Crippen LogP contribution in [0.15, 0.2) is 60.9 Å². The fraction of sp³-hybridized carbons (Fsp3) is 0.105. The van der Waals surface area contributed by atoms with Crippen molar-refractivity contribution in [3.8, 4) is 0 Å². The predicted octanol–water partition coefficient (Wildman–Crippen LogP) is 1.64. The molecular weight excluding hydrogens is 348 g/mol. The highest BCUT2D eigenvalue weighted by Crippen LogP contribution is 2.12. The zero-order valence-corrected chi connectivity index (χ0v) is 14.4.